The lowest BCUT2D eigenvalue weighted by Gasteiger charge is -2.29. The smallest absolute Gasteiger partial charge is 0.261 e. The number of nitrogens with zero attached hydrogens (tertiary/aromatic N) is 4. The number of aryl methyl sites for hydroxylation is 1. The van der Waals surface area contributed by atoms with Crippen LogP contribution in [0.5, 0.6) is 5.88 Å². The minimum absolute atomic E-state index is 0.0196. The van der Waals surface area contributed by atoms with Crippen LogP contribution >= 0.6 is 0 Å². The van der Waals surface area contributed by atoms with Crippen LogP contribution in [0.3, 0.4) is 0 Å². The van der Waals surface area contributed by atoms with E-state index in [0.717, 1.165) is 32.5 Å². The fourth-order valence-corrected chi connectivity index (χ4v) is 3.63. The van der Waals surface area contributed by atoms with Crippen molar-refractivity contribution < 1.29 is 9.53 Å². The molecule has 1 amide bonds. The molecule has 0 saturated carbocycles. The number of rotatable bonds is 3. The molecule has 0 atom stereocenters. The number of aromatic nitrogens is 2. The number of hydrogen-bond acceptors (Lipinski definition) is 4. The highest BCUT2D eigenvalue weighted by molar-refractivity contribution is 5.96. The molecule has 0 unspecified atom stereocenters. The van der Waals surface area contributed by atoms with Gasteiger partial charge in [-0.15, -0.1) is 0 Å². The lowest BCUT2D eigenvalue weighted by atomic mass is 9.96. The first-order valence-electron chi connectivity index (χ1n) is 8.85. The fraction of sp³-hybridized carbons (Fsp3) is 0.474. The van der Waals surface area contributed by atoms with E-state index >= 15 is 0 Å². The largest absolute Gasteiger partial charge is 0.477 e. The minimum atomic E-state index is 0.0196. The van der Waals surface area contributed by atoms with E-state index in [4.69, 9.17) is 4.74 Å². The van der Waals surface area contributed by atoms with Crippen molar-refractivity contribution in [1.82, 2.24) is 19.6 Å². The molecule has 1 aromatic carbocycles. The minimum Gasteiger partial charge on any atom is -0.477 e. The van der Waals surface area contributed by atoms with Gasteiger partial charge in [0.05, 0.1) is 12.8 Å². The molecule has 2 aromatic rings. The Labute approximate surface area is 148 Å². The Morgan fingerprint density at radius 1 is 1.28 bits per heavy atom. The second kappa shape index (κ2) is 6.52. The third-order valence-corrected chi connectivity index (χ3v) is 4.84. The maximum absolute atomic E-state index is 12.9. The van der Waals surface area contributed by atoms with Crippen LogP contribution in [0.25, 0.3) is 0 Å². The molecule has 0 bridgehead atoms. The molecule has 3 heterocycles. The average Bonchev–Trinajstić information content (AvgIpc) is 3.04. The normalized spacial score (nSPS) is 16.4. The van der Waals surface area contributed by atoms with Gasteiger partial charge in [-0.1, -0.05) is 18.2 Å². The maximum Gasteiger partial charge on any atom is 0.261 e. The molecule has 6 nitrogen and oxygen atoms in total. The summed E-state index contributed by atoms with van der Waals surface area (Å²) < 4.78 is 7.47. The molecule has 6 heteroatoms. The molecule has 1 aromatic heterocycles. The molecule has 2 aliphatic rings. The molecular weight excluding hydrogens is 316 g/mol. The van der Waals surface area contributed by atoms with Crippen molar-refractivity contribution in [3.63, 3.8) is 0 Å². The number of ether oxygens (including phenoxy) is 1. The third-order valence-electron chi connectivity index (χ3n) is 4.84. The van der Waals surface area contributed by atoms with Crippen molar-refractivity contribution in [2.45, 2.75) is 32.5 Å². The van der Waals surface area contributed by atoms with Gasteiger partial charge in [0.2, 0.25) is 5.88 Å². The predicted molar refractivity (Wildman–Crippen MR) is 94.6 cm³/mol. The van der Waals surface area contributed by atoms with E-state index in [0.29, 0.717) is 24.6 Å². The van der Waals surface area contributed by atoms with Crippen molar-refractivity contribution in [2.24, 2.45) is 0 Å². The molecule has 4 rings (SSSR count). The van der Waals surface area contributed by atoms with E-state index < -0.39 is 0 Å². The monoisotopic (exact) mass is 340 g/mol. The molecular formula is C19H24N4O2. The zero-order valence-electron chi connectivity index (χ0n) is 14.9. The molecule has 0 radical (unpaired) electrons. The Balaban J connectivity index is 1.52. The molecule has 0 spiro atoms. The highest BCUT2D eigenvalue weighted by Gasteiger charge is 2.28. The Bertz CT molecular complexity index is 797. The molecule has 0 fully saturated rings. The van der Waals surface area contributed by atoms with E-state index in [1.54, 1.807) is 10.9 Å². The van der Waals surface area contributed by atoms with Gasteiger partial charge in [0.25, 0.3) is 5.91 Å². The quantitative estimate of drug-likeness (QED) is 0.857. The van der Waals surface area contributed by atoms with Crippen LogP contribution in [0.15, 0.2) is 24.4 Å². The summed E-state index contributed by atoms with van der Waals surface area (Å²) in [7, 11) is 4.16. The highest BCUT2D eigenvalue weighted by atomic mass is 16.5. The van der Waals surface area contributed by atoms with Crippen molar-refractivity contribution in [3.05, 3.63) is 46.6 Å². The summed E-state index contributed by atoms with van der Waals surface area (Å²) >= 11 is 0. The number of benzene rings is 1. The van der Waals surface area contributed by atoms with Gasteiger partial charge in [0, 0.05) is 32.6 Å². The van der Waals surface area contributed by atoms with Crippen LogP contribution in [-0.4, -0.2) is 52.7 Å². The van der Waals surface area contributed by atoms with E-state index in [1.807, 2.05) is 4.90 Å². The molecule has 0 saturated heterocycles. The molecule has 0 aliphatic carbocycles. The van der Waals surface area contributed by atoms with Crippen LogP contribution in [-0.2, 0) is 26.1 Å². The number of hydrogen-bond donors (Lipinski definition) is 0. The lowest BCUT2D eigenvalue weighted by Crippen LogP contribution is -2.36. The number of amides is 1. The van der Waals surface area contributed by atoms with Crippen LogP contribution in [0, 0.1) is 0 Å². The van der Waals surface area contributed by atoms with Crippen molar-refractivity contribution >= 4 is 5.91 Å². The summed E-state index contributed by atoms with van der Waals surface area (Å²) in [6.07, 6.45) is 3.49. The van der Waals surface area contributed by atoms with E-state index in [1.165, 1.54) is 16.7 Å². The zero-order valence-corrected chi connectivity index (χ0v) is 14.9. The SMILES string of the molecule is CN(C)Cc1ccc2c(c1)CCN(C(=O)c1cnn3c1OCCC3)C2. The second-order valence-corrected chi connectivity index (χ2v) is 7.11. The van der Waals surface area contributed by atoms with E-state index in [-0.39, 0.29) is 5.91 Å². The molecule has 2 aliphatic heterocycles. The summed E-state index contributed by atoms with van der Waals surface area (Å²) in [5.74, 6) is 0.648. The predicted octanol–water partition coefficient (Wildman–Crippen LogP) is 1.93. The number of carbonyl (C=O) groups is 1. The van der Waals surface area contributed by atoms with Crippen molar-refractivity contribution in [3.8, 4) is 5.88 Å². The van der Waals surface area contributed by atoms with Gasteiger partial charge in [-0.25, -0.2) is 4.68 Å². The van der Waals surface area contributed by atoms with Gasteiger partial charge in [-0.05, 0) is 37.2 Å². The molecule has 132 valence electrons. The average molecular weight is 340 g/mol. The van der Waals surface area contributed by atoms with Gasteiger partial charge in [0.1, 0.15) is 5.56 Å². The number of fused-ring (bicyclic) bond motifs is 2. The van der Waals surface area contributed by atoms with E-state index in [2.05, 4.69) is 42.3 Å². The van der Waals surface area contributed by atoms with Crippen molar-refractivity contribution in [2.75, 3.05) is 27.2 Å². The Kier molecular flexibility index (Phi) is 4.21. The fourth-order valence-electron chi connectivity index (χ4n) is 3.63. The standard InChI is InChI=1S/C19H24N4O2/c1-21(2)12-14-4-5-16-13-22(8-6-15(16)10-14)18(24)17-11-20-23-7-3-9-25-19(17)23/h4-5,10-11H,3,6-9,12-13H2,1-2H3. The Morgan fingerprint density at radius 3 is 3.00 bits per heavy atom. The Hall–Kier alpha value is -2.34. The lowest BCUT2D eigenvalue weighted by molar-refractivity contribution is 0.0728. The summed E-state index contributed by atoms with van der Waals surface area (Å²) in [5, 5.41) is 4.30. The van der Waals surface area contributed by atoms with Gasteiger partial charge in [-0.2, -0.15) is 5.10 Å². The van der Waals surface area contributed by atoms with E-state index in [9.17, 15) is 4.79 Å². The summed E-state index contributed by atoms with van der Waals surface area (Å²) in [5.41, 5.74) is 4.51. The first kappa shape index (κ1) is 16.1. The van der Waals surface area contributed by atoms with Gasteiger partial charge >= 0.3 is 0 Å². The number of carbonyl (C=O) groups excluding carboxylic acids is 1. The first-order valence-corrected chi connectivity index (χ1v) is 8.85. The van der Waals surface area contributed by atoms with Gasteiger partial charge in [0.15, 0.2) is 0 Å². The van der Waals surface area contributed by atoms with Crippen LogP contribution in [0.2, 0.25) is 0 Å². The first-order chi connectivity index (χ1) is 12.1. The third kappa shape index (κ3) is 3.14. The van der Waals surface area contributed by atoms with Crippen LogP contribution in [0.4, 0.5) is 0 Å². The van der Waals surface area contributed by atoms with Crippen LogP contribution < -0.4 is 4.74 Å². The zero-order chi connectivity index (χ0) is 17.4. The summed E-state index contributed by atoms with van der Waals surface area (Å²) in [6, 6.07) is 6.61. The summed E-state index contributed by atoms with van der Waals surface area (Å²) in [4.78, 5) is 17.0. The second-order valence-electron chi connectivity index (χ2n) is 7.11. The van der Waals surface area contributed by atoms with Crippen LogP contribution in [0.1, 0.15) is 33.5 Å². The highest BCUT2D eigenvalue weighted by Crippen LogP contribution is 2.27. The van der Waals surface area contributed by atoms with Gasteiger partial charge in [-0.3, -0.25) is 4.79 Å². The maximum atomic E-state index is 12.9. The summed E-state index contributed by atoms with van der Waals surface area (Å²) in [6.45, 7) is 3.81. The van der Waals surface area contributed by atoms with Crippen molar-refractivity contribution in [1.29, 1.82) is 0 Å². The molecule has 0 N–H and O–H groups in total. The Morgan fingerprint density at radius 2 is 2.16 bits per heavy atom. The molecule has 25 heavy (non-hydrogen) atoms. The van der Waals surface area contributed by atoms with Gasteiger partial charge < -0.3 is 14.5 Å². The topological polar surface area (TPSA) is 50.6 Å².